The lowest BCUT2D eigenvalue weighted by atomic mass is 9.89. The van der Waals surface area contributed by atoms with Gasteiger partial charge in [0.25, 0.3) is 0 Å². The predicted molar refractivity (Wildman–Crippen MR) is 91.2 cm³/mol. The Kier molecular flexibility index (Phi) is 5.11. The topological polar surface area (TPSA) is 42.2 Å². The molecular formula is C19H27N3O. The number of aromatic nitrogens is 2. The summed E-state index contributed by atoms with van der Waals surface area (Å²) in [7, 11) is 0. The van der Waals surface area contributed by atoms with Crippen molar-refractivity contribution in [1.29, 1.82) is 0 Å². The molecule has 2 aromatic rings. The smallest absolute Gasteiger partial charge is 0.243 e. The quantitative estimate of drug-likeness (QED) is 0.829. The van der Waals surface area contributed by atoms with E-state index in [9.17, 15) is 0 Å². The van der Waals surface area contributed by atoms with E-state index in [2.05, 4.69) is 66.1 Å². The summed E-state index contributed by atoms with van der Waals surface area (Å²) in [5.41, 5.74) is 1.46. The summed E-state index contributed by atoms with van der Waals surface area (Å²) in [5.74, 6) is 2.67. The van der Waals surface area contributed by atoms with Gasteiger partial charge in [0.05, 0.1) is 6.04 Å². The second-order valence-corrected chi connectivity index (χ2v) is 6.99. The molecule has 1 atom stereocenters. The second-order valence-electron chi connectivity index (χ2n) is 6.99. The van der Waals surface area contributed by atoms with Gasteiger partial charge in [-0.05, 0) is 50.8 Å². The zero-order valence-corrected chi connectivity index (χ0v) is 14.4. The standard InChI is InChI=1S/C19H27N3O/c1-14(2)18-20-19(23-21-18)15(3)22-11-9-17(10-12-22)13-16-7-5-4-6-8-16/h4-8,14-15,17H,9-13H2,1-3H3. The third kappa shape index (κ3) is 3.99. The maximum absolute atomic E-state index is 5.46. The highest BCUT2D eigenvalue weighted by Gasteiger charge is 2.27. The molecule has 124 valence electrons. The van der Waals surface area contributed by atoms with Crippen LogP contribution in [-0.2, 0) is 6.42 Å². The third-order valence-corrected chi connectivity index (χ3v) is 4.90. The Morgan fingerprint density at radius 1 is 1.13 bits per heavy atom. The summed E-state index contributed by atoms with van der Waals surface area (Å²) < 4.78 is 5.46. The van der Waals surface area contributed by atoms with Crippen LogP contribution >= 0.6 is 0 Å². The number of likely N-dealkylation sites (tertiary alicyclic amines) is 1. The maximum Gasteiger partial charge on any atom is 0.243 e. The van der Waals surface area contributed by atoms with Crippen molar-refractivity contribution in [3.05, 3.63) is 47.6 Å². The molecule has 0 saturated carbocycles. The Hall–Kier alpha value is -1.68. The van der Waals surface area contributed by atoms with E-state index in [-0.39, 0.29) is 6.04 Å². The average Bonchev–Trinajstić information content (AvgIpc) is 3.06. The summed E-state index contributed by atoms with van der Waals surface area (Å²) in [6.45, 7) is 8.58. The van der Waals surface area contributed by atoms with Crippen molar-refractivity contribution in [1.82, 2.24) is 15.0 Å². The summed E-state index contributed by atoms with van der Waals surface area (Å²) in [6.07, 6.45) is 3.68. The second kappa shape index (κ2) is 7.26. The lowest BCUT2D eigenvalue weighted by Crippen LogP contribution is -2.36. The molecule has 0 amide bonds. The van der Waals surface area contributed by atoms with E-state index < -0.39 is 0 Å². The van der Waals surface area contributed by atoms with Crippen LogP contribution in [0.4, 0.5) is 0 Å². The van der Waals surface area contributed by atoms with Gasteiger partial charge in [0.2, 0.25) is 5.89 Å². The van der Waals surface area contributed by atoms with Gasteiger partial charge in [-0.2, -0.15) is 4.98 Å². The fourth-order valence-corrected chi connectivity index (χ4v) is 3.30. The number of piperidine rings is 1. The number of benzene rings is 1. The molecular weight excluding hydrogens is 286 g/mol. The van der Waals surface area contributed by atoms with E-state index in [0.29, 0.717) is 5.92 Å². The molecule has 1 aliphatic heterocycles. The fourth-order valence-electron chi connectivity index (χ4n) is 3.30. The van der Waals surface area contributed by atoms with Gasteiger partial charge in [-0.1, -0.05) is 49.3 Å². The van der Waals surface area contributed by atoms with Crippen LogP contribution in [0.25, 0.3) is 0 Å². The molecule has 1 aromatic carbocycles. The van der Waals surface area contributed by atoms with E-state index in [4.69, 9.17) is 4.52 Å². The van der Waals surface area contributed by atoms with Crippen LogP contribution in [0.2, 0.25) is 0 Å². The average molecular weight is 313 g/mol. The number of nitrogens with zero attached hydrogens (tertiary/aromatic N) is 3. The minimum atomic E-state index is 0.215. The summed E-state index contributed by atoms with van der Waals surface area (Å²) in [6, 6.07) is 11.0. The summed E-state index contributed by atoms with van der Waals surface area (Å²) in [4.78, 5) is 7.02. The molecule has 2 heterocycles. The van der Waals surface area contributed by atoms with E-state index in [1.54, 1.807) is 0 Å². The van der Waals surface area contributed by atoms with Crippen molar-refractivity contribution in [2.45, 2.75) is 52.0 Å². The molecule has 0 aliphatic carbocycles. The zero-order valence-electron chi connectivity index (χ0n) is 14.4. The molecule has 4 nitrogen and oxygen atoms in total. The van der Waals surface area contributed by atoms with Gasteiger partial charge in [-0.3, -0.25) is 4.90 Å². The van der Waals surface area contributed by atoms with Gasteiger partial charge < -0.3 is 4.52 Å². The largest absolute Gasteiger partial charge is 0.338 e. The lowest BCUT2D eigenvalue weighted by Gasteiger charge is -2.34. The highest BCUT2D eigenvalue weighted by molar-refractivity contribution is 5.15. The van der Waals surface area contributed by atoms with Gasteiger partial charge in [-0.15, -0.1) is 0 Å². The van der Waals surface area contributed by atoms with Crippen molar-refractivity contribution >= 4 is 0 Å². The molecule has 1 fully saturated rings. The SMILES string of the molecule is CC(C)c1noc(C(C)N2CCC(Cc3ccccc3)CC2)n1. The van der Waals surface area contributed by atoms with Crippen LogP contribution in [0, 0.1) is 5.92 Å². The molecule has 0 radical (unpaired) electrons. The van der Waals surface area contributed by atoms with E-state index >= 15 is 0 Å². The van der Waals surface area contributed by atoms with Crippen molar-refractivity contribution < 1.29 is 4.52 Å². The van der Waals surface area contributed by atoms with Crippen molar-refractivity contribution in [3.63, 3.8) is 0 Å². The van der Waals surface area contributed by atoms with Gasteiger partial charge in [-0.25, -0.2) is 0 Å². The van der Waals surface area contributed by atoms with E-state index in [1.807, 2.05) is 0 Å². The number of hydrogen-bond acceptors (Lipinski definition) is 4. The van der Waals surface area contributed by atoms with Gasteiger partial charge in [0, 0.05) is 5.92 Å². The van der Waals surface area contributed by atoms with E-state index in [1.165, 1.54) is 24.8 Å². The Morgan fingerprint density at radius 2 is 1.83 bits per heavy atom. The highest BCUT2D eigenvalue weighted by atomic mass is 16.5. The molecule has 1 unspecified atom stereocenters. The minimum absolute atomic E-state index is 0.215. The normalized spacial score (nSPS) is 18.4. The first-order valence-corrected chi connectivity index (χ1v) is 8.75. The molecule has 1 aliphatic rings. The molecule has 0 N–H and O–H groups in total. The fraction of sp³-hybridized carbons (Fsp3) is 0.579. The van der Waals surface area contributed by atoms with Crippen LogP contribution in [0.1, 0.15) is 62.9 Å². The third-order valence-electron chi connectivity index (χ3n) is 4.90. The first-order valence-electron chi connectivity index (χ1n) is 8.75. The Balaban J connectivity index is 1.53. The van der Waals surface area contributed by atoms with Crippen molar-refractivity contribution in [2.75, 3.05) is 13.1 Å². The lowest BCUT2D eigenvalue weighted by molar-refractivity contribution is 0.119. The molecule has 3 rings (SSSR count). The minimum Gasteiger partial charge on any atom is -0.338 e. The van der Waals surface area contributed by atoms with Gasteiger partial charge in [0.1, 0.15) is 0 Å². The molecule has 0 bridgehead atoms. The number of rotatable bonds is 5. The van der Waals surface area contributed by atoms with Crippen molar-refractivity contribution in [2.24, 2.45) is 5.92 Å². The zero-order chi connectivity index (χ0) is 16.2. The first kappa shape index (κ1) is 16.2. The van der Waals surface area contributed by atoms with Crippen molar-refractivity contribution in [3.8, 4) is 0 Å². The molecule has 0 spiro atoms. The van der Waals surface area contributed by atoms with E-state index in [0.717, 1.165) is 30.7 Å². The van der Waals surface area contributed by atoms with Crippen LogP contribution < -0.4 is 0 Å². The van der Waals surface area contributed by atoms with Crippen LogP contribution in [-0.4, -0.2) is 28.1 Å². The van der Waals surface area contributed by atoms with Gasteiger partial charge >= 0.3 is 0 Å². The Bertz CT molecular complexity index is 600. The predicted octanol–water partition coefficient (Wildman–Crippen LogP) is 4.21. The molecule has 4 heteroatoms. The highest BCUT2D eigenvalue weighted by Crippen LogP contribution is 2.28. The first-order chi connectivity index (χ1) is 11.1. The molecule has 1 aromatic heterocycles. The van der Waals surface area contributed by atoms with Gasteiger partial charge in [0.15, 0.2) is 5.82 Å². The number of hydrogen-bond donors (Lipinski definition) is 0. The summed E-state index contributed by atoms with van der Waals surface area (Å²) in [5, 5.41) is 4.09. The maximum atomic E-state index is 5.46. The molecule has 1 saturated heterocycles. The van der Waals surface area contributed by atoms with Crippen LogP contribution in [0.3, 0.4) is 0 Å². The van der Waals surface area contributed by atoms with Crippen LogP contribution in [0.15, 0.2) is 34.9 Å². The molecule has 23 heavy (non-hydrogen) atoms. The van der Waals surface area contributed by atoms with Crippen LogP contribution in [0.5, 0.6) is 0 Å². The monoisotopic (exact) mass is 313 g/mol. The Labute approximate surface area is 138 Å². The Morgan fingerprint density at radius 3 is 2.43 bits per heavy atom. The summed E-state index contributed by atoms with van der Waals surface area (Å²) >= 11 is 0.